The van der Waals surface area contributed by atoms with Crippen molar-refractivity contribution < 1.29 is 0 Å². The van der Waals surface area contributed by atoms with E-state index in [0.717, 1.165) is 43.9 Å². The first-order valence-electron chi connectivity index (χ1n) is 5.68. The van der Waals surface area contributed by atoms with E-state index in [4.69, 9.17) is 0 Å². The van der Waals surface area contributed by atoms with Crippen molar-refractivity contribution in [2.75, 3.05) is 18.4 Å². The van der Waals surface area contributed by atoms with Gasteiger partial charge in [0.05, 0.1) is 5.69 Å². The Kier molecular flexibility index (Phi) is 3.50. The van der Waals surface area contributed by atoms with E-state index in [1.54, 1.807) is 0 Å². The number of nitrogens with one attached hydrogen (secondary N) is 2. The molecule has 0 unspecified atom stereocenters. The van der Waals surface area contributed by atoms with Gasteiger partial charge >= 0.3 is 0 Å². The Morgan fingerprint density at radius 2 is 2.13 bits per heavy atom. The van der Waals surface area contributed by atoms with Crippen molar-refractivity contribution >= 4 is 5.82 Å². The lowest BCUT2D eigenvalue weighted by Crippen LogP contribution is -2.35. The smallest absolute Gasteiger partial charge is 0.148 e. The zero-order valence-electron chi connectivity index (χ0n) is 9.16. The van der Waals surface area contributed by atoms with Gasteiger partial charge in [0.25, 0.3) is 0 Å². The fraction of sp³-hybridized carbons (Fsp3) is 0.636. The molecule has 1 aromatic rings. The number of aromatic nitrogens is 2. The van der Waals surface area contributed by atoms with Gasteiger partial charge in [0.2, 0.25) is 0 Å². The highest BCUT2D eigenvalue weighted by Crippen LogP contribution is 2.10. The highest BCUT2D eigenvalue weighted by Gasteiger charge is 2.12. The molecule has 0 atom stereocenters. The van der Waals surface area contributed by atoms with Crippen molar-refractivity contribution in [2.24, 2.45) is 0 Å². The number of hydrogen-bond acceptors (Lipinski definition) is 4. The van der Waals surface area contributed by atoms with Gasteiger partial charge in [0, 0.05) is 6.04 Å². The van der Waals surface area contributed by atoms with Crippen LogP contribution in [0.25, 0.3) is 0 Å². The first-order chi connectivity index (χ1) is 7.38. The van der Waals surface area contributed by atoms with Crippen LogP contribution in [0.1, 0.15) is 25.5 Å². The monoisotopic (exact) mass is 206 g/mol. The zero-order chi connectivity index (χ0) is 10.5. The van der Waals surface area contributed by atoms with Crippen LogP contribution in [0.2, 0.25) is 0 Å². The molecule has 2 rings (SSSR count). The fourth-order valence-corrected chi connectivity index (χ4v) is 1.80. The summed E-state index contributed by atoms with van der Waals surface area (Å²) < 4.78 is 0. The van der Waals surface area contributed by atoms with Gasteiger partial charge in [0.1, 0.15) is 5.82 Å². The molecule has 0 saturated carbocycles. The third kappa shape index (κ3) is 2.89. The van der Waals surface area contributed by atoms with Crippen LogP contribution in [0.4, 0.5) is 5.82 Å². The van der Waals surface area contributed by atoms with Crippen LogP contribution >= 0.6 is 0 Å². The molecule has 2 heterocycles. The van der Waals surface area contributed by atoms with Crippen LogP contribution in [0.5, 0.6) is 0 Å². The molecule has 1 aliphatic rings. The SMILES string of the molecule is CCc1ccc(NC2CCNCC2)nn1. The number of rotatable bonds is 3. The maximum Gasteiger partial charge on any atom is 0.148 e. The number of aryl methyl sites for hydroxylation is 1. The summed E-state index contributed by atoms with van der Waals surface area (Å²) in [5.74, 6) is 0.902. The Morgan fingerprint density at radius 3 is 2.73 bits per heavy atom. The second-order valence-electron chi connectivity index (χ2n) is 3.93. The summed E-state index contributed by atoms with van der Waals surface area (Å²) in [6.07, 6.45) is 3.27. The molecule has 0 amide bonds. The summed E-state index contributed by atoms with van der Waals surface area (Å²) in [5, 5.41) is 15.1. The van der Waals surface area contributed by atoms with Gasteiger partial charge in [0.15, 0.2) is 0 Å². The summed E-state index contributed by atoms with van der Waals surface area (Å²) in [6.45, 7) is 4.28. The molecule has 1 aliphatic heterocycles. The molecule has 4 nitrogen and oxygen atoms in total. The third-order valence-electron chi connectivity index (χ3n) is 2.77. The highest BCUT2D eigenvalue weighted by atomic mass is 15.2. The average Bonchev–Trinajstić information content (AvgIpc) is 2.31. The maximum atomic E-state index is 4.16. The van der Waals surface area contributed by atoms with Crippen LogP contribution in [-0.2, 0) is 6.42 Å². The van der Waals surface area contributed by atoms with Gasteiger partial charge in [-0.05, 0) is 44.5 Å². The van der Waals surface area contributed by atoms with Crippen LogP contribution < -0.4 is 10.6 Å². The van der Waals surface area contributed by atoms with Crippen LogP contribution in [-0.4, -0.2) is 29.3 Å². The number of nitrogens with zero attached hydrogens (tertiary/aromatic N) is 2. The lowest BCUT2D eigenvalue weighted by Gasteiger charge is -2.23. The fourth-order valence-electron chi connectivity index (χ4n) is 1.80. The lowest BCUT2D eigenvalue weighted by molar-refractivity contribution is 0.478. The van der Waals surface area contributed by atoms with E-state index >= 15 is 0 Å². The number of anilines is 1. The van der Waals surface area contributed by atoms with E-state index in [1.165, 1.54) is 0 Å². The zero-order valence-corrected chi connectivity index (χ0v) is 9.16. The maximum absolute atomic E-state index is 4.16. The van der Waals surface area contributed by atoms with Crippen molar-refractivity contribution in [3.05, 3.63) is 17.8 Å². The van der Waals surface area contributed by atoms with Crippen LogP contribution in [0.15, 0.2) is 12.1 Å². The minimum atomic E-state index is 0.549. The van der Waals surface area contributed by atoms with Gasteiger partial charge in [-0.15, -0.1) is 5.10 Å². The Labute approximate surface area is 90.5 Å². The molecule has 0 aliphatic carbocycles. The minimum absolute atomic E-state index is 0.549. The molecule has 2 N–H and O–H groups in total. The van der Waals surface area contributed by atoms with E-state index in [2.05, 4.69) is 27.8 Å². The summed E-state index contributed by atoms with van der Waals surface area (Å²) >= 11 is 0. The Bertz CT molecular complexity index is 290. The summed E-state index contributed by atoms with van der Waals surface area (Å²) in [7, 11) is 0. The largest absolute Gasteiger partial charge is 0.366 e. The molecule has 15 heavy (non-hydrogen) atoms. The van der Waals surface area contributed by atoms with Crippen LogP contribution in [0, 0.1) is 0 Å². The van der Waals surface area contributed by atoms with Gasteiger partial charge < -0.3 is 10.6 Å². The van der Waals surface area contributed by atoms with E-state index in [9.17, 15) is 0 Å². The molecule has 1 saturated heterocycles. The quantitative estimate of drug-likeness (QED) is 0.780. The van der Waals surface area contributed by atoms with Crippen LogP contribution in [0.3, 0.4) is 0 Å². The van der Waals surface area contributed by atoms with Crippen molar-refractivity contribution in [2.45, 2.75) is 32.2 Å². The van der Waals surface area contributed by atoms with E-state index in [-0.39, 0.29) is 0 Å². The van der Waals surface area contributed by atoms with E-state index in [1.807, 2.05) is 12.1 Å². The standard InChI is InChI=1S/C11H18N4/c1-2-9-3-4-11(15-14-9)13-10-5-7-12-8-6-10/h3-4,10,12H,2,5-8H2,1H3,(H,13,15). The van der Waals surface area contributed by atoms with Gasteiger partial charge in [-0.1, -0.05) is 6.92 Å². The summed E-state index contributed by atoms with van der Waals surface area (Å²) in [4.78, 5) is 0. The number of hydrogen-bond donors (Lipinski definition) is 2. The second kappa shape index (κ2) is 5.07. The van der Waals surface area contributed by atoms with Crippen molar-refractivity contribution in [3.63, 3.8) is 0 Å². The normalized spacial score (nSPS) is 17.7. The lowest BCUT2D eigenvalue weighted by atomic mass is 10.1. The van der Waals surface area contributed by atoms with Crippen molar-refractivity contribution in [3.8, 4) is 0 Å². The molecule has 0 bridgehead atoms. The predicted molar refractivity (Wildman–Crippen MR) is 60.9 cm³/mol. The van der Waals surface area contributed by atoms with Gasteiger partial charge in [-0.2, -0.15) is 5.10 Å². The molecule has 1 fully saturated rings. The first kappa shape index (κ1) is 10.4. The molecule has 4 heteroatoms. The summed E-state index contributed by atoms with van der Waals surface area (Å²) in [6, 6.07) is 4.61. The molecule has 1 aromatic heterocycles. The highest BCUT2D eigenvalue weighted by molar-refractivity contribution is 5.34. The molecular formula is C11H18N4. The minimum Gasteiger partial charge on any atom is -0.366 e. The number of piperidine rings is 1. The summed E-state index contributed by atoms with van der Waals surface area (Å²) in [5.41, 5.74) is 1.05. The van der Waals surface area contributed by atoms with E-state index < -0.39 is 0 Å². The van der Waals surface area contributed by atoms with Crippen molar-refractivity contribution in [1.82, 2.24) is 15.5 Å². The molecular weight excluding hydrogens is 188 g/mol. The van der Waals surface area contributed by atoms with Crippen molar-refractivity contribution in [1.29, 1.82) is 0 Å². The second-order valence-corrected chi connectivity index (χ2v) is 3.93. The Balaban J connectivity index is 1.91. The molecule has 0 spiro atoms. The molecule has 82 valence electrons. The first-order valence-corrected chi connectivity index (χ1v) is 5.68. The van der Waals surface area contributed by atoms with Gasteiger partial charge in [-0.3, -0.25) is 0 Å². The Hall–Kier alpha value is -1.16. The molecule has 0 radical (unpaired) electrons. The van der Waals surface area contributed by atoms with E-state index in [0.29, 0.717) is 6.04 Å². The Morgan fingerprint density at radius 1 is 1.33 bits per heavy atom. The van der Waals surface area contributed by atoms with Gasteiger partial charge in [-0.25, -0.2) is 0 Å². The topological polar surface area (TPSA) is 49.8 Å². The third-order valence-corrected chi connectivity index (χ3v) is 2.77. The average molecular weight is 206 g/mol. The molecule has 0 aromatic carbocycles. The predicted octanol–water partition coefficient (Wildman–Crippen LogP) is 1.20.